The van der Waals surface area contributed by atoms with Crippen LogP contribution in [0, 0.1) is 0 Å². The van der Waals surface area contributed by atoms with E-state index in [1.807, 2.05) is 32.9 Å². The molecule has 2 rings (SSSR count). The summed E-state index contributed by atoms with van der Waals surface area (Å²) in [4.78, 5) is 18.3. The van der Waals surface area contributed by atoms with Gasteiger partial charge in [0.1, 0.15) is 5.60 Å². The van der Waals surface area contributed by atoms with Crippen molar-refractivity contribution >= 4 is 17.7 Å². The lowest BCUT2D eigenvalue weighted by Gasteiger charge is -2.33. The van der Waals surface area contributed by atoms with Gasteiger partial charge in [-0.2, -0.15) is 0 Å². The number of pyridine rings is 1. The van der Waals surface area contributed by atoms with Crippen LogP contribution in [0.4, 0.5) is 4.79 Å². The van der Waals surface area contributed by atoms with Crippen LogP contribution in [0.25, 0.3) is 0 Å². The zero-order chi connectivity index (χ0) is 17.7. The van der Waals surface area contributed by atoms with Gasteiger partial charge in [0.05, 0.1) is 0 Å². The number of rotatable bonds is 4. The summed E-state index contributed by atoms with van der Waals surface area (Å²) in [7, 11) is 1.55. The zero-order valence-corrected chi connectivity index (χ0v) is 15.4. The van der Waals surface area contributed by atoms with Crippen LogP contribution in [0.5, 0.6) is 5.75 Å². The van der Waals surface area contributed by atoms with E-state index in [1.165, 1.54) is 0 Å². The Morgan fingerprint density at radius 3 is 2.54 bits per heavy atom. The summed E-state index contributed by atoms with van der Waals surface area (Å²) in [5.74, 6) is 0.783. The molecule has 0 bridgehead atoms. The van der Waals surface area contributed by atoms with Gasteiger partial charge in [0.15, 0.2) is 17.7 Å². The fourth-order valence-electron chi connectivity index (χ4n) is 2.58. The van der Waals surface area contributed by atoms with E-state index in [-0.39, 0.29) is 18.8 Å². The standard InChI is InChI=1S/C17H25ClN2O4/c1-17(2,3)24-16(21)20-9-7-12(8-10-20)13-5-6-14(15(18)19-13)23-11-22-4/h5-6,12H,7-11H2,1-4H3. The lowest BCUT2D eigenvalue weighted by atomic mass is 9.93. The number of amides is 1. The number of methoxy groups -OCH3 is 1. The Balaban J connectivity index is 1.92. The molecule has 24 heavy (non-hydrogen) atoms. The summed E-state index contributed by atoms with van der Waals surface area (Å²) in [6, 6.07) is 3.73. The van der Waals surface area contributed by atoms with Crippen LogP contribution in [0.1, 0.15) is 45.2 Å². The average Bonchev–Trinajstić information content (AvgIpc) is 2.52. The molecular weight excluding hydrogens is 332 g/mol. The second-order valence-electron chi connectivity index (χ2n) is 6.82. The third kappa shape index (κ3) is 5.24. The van der Waals surface area contributed by atoms with Crippen LogP contribution < -0.4 is 4.74 Å². The van der Waals surface area contributed by atoms with Crippen molar-refractivity contribution in [3.63, 3.8) is 0 Å². The predicted octanol–water partition coefficient (Wildman–Crippen LogP) is 3.83. The number of halogens is 1. The first-order chi connectivity index (χ1) is 11.3. The second kappa shape index (κ2) is 8.03. The topological polar surface area (TPSA) is 60.9 Å². The number of aromatic nitrogens is 1. The van der Waals surface area contributed by atoms with Crippen LogP contribution >= 0.6 is 11.6 Å². The number of hydrogen-bond acceptors (Lipinski definition) is 5. The third-order valence-corrected chi connectivity index (χ3v) is 4.00. The van der Waals surface area contributed by atoms with Crippen molar-refractivity contribution in [2.45, 2.75) is 45.1 Å². The normalized spacial score (nSPS) is 16.1. The molecule has 0 atom stereocenters. The molecule has 1 saturated heterocycles. The van der Waals surface area contributed by atoms with E-state index in [0.29, 0.717) is 24.0 Å². The molecule has 0 aromatic carbocycles. The number of hydrogen-bond donors (Lipinski definition) is 0. The van der Waals surface area contributed by atoms with E-state index in [9.17, 15) is 4.79 Å². The van der Waals surface area contributed by atoms with Crippen molar-refractivity contribution < 1.29 is 19.0 Å². The summed E-state index contributed by atoms with van der Waals surface area (Å²) in [6.45, 7) is 7.06. The number of nitrogens with zero attached hydrogens (tertiary/aromatic N) is 2. The van der Waals surface area contributed by atoms with Gasteiger partial charge in [-0.15, -0.1) is 0 Å². The SMILES string of the molecule is COCOc1ccc(C2CCN(C(=O)OC(C)(C)C)CC2)nc1Cl. The molecule has 1 aromatic rings. The number of carbonyl (C=O) groups excluding carboxylic acids is 1. The first-order valence-electron chi connectivity index (χ1n) is 8.06. The van der Waals surface area contributed by atoms with Gasteiger partial charge < -0.3 is 19.1 Å². The van der Waals surface area contributed by atoms with Gasteiger partial charge in [0, 0.05) is 31.8 Å². The molecule has 1 aliphatic rings. The van der Waals surface area contributed by atoms with Crippen molar-refractivity contribution in [3.05, 3.63) is 23.0 Å². The van der Waals surface area contributed by atoms with Crippen LogP contribution in [0.15, 0.2) is 12.1 Å². The molecule has 1 fully saturated rings. The Bertz CT molecular complexity index is 566. The summed E-state index contributed by atoms with van der Waals surface area (Å²) >= 11 is 6.16. The fourth-order valence-corrected chi connectivity index (χ4v) is 2.79. The molecule has 0 spiro atoms. The maximum Gasteiger partial charge on any atom is 0.410 e. The van der Waals surface area contributed by atoms with Gasteiger partial charge in [-0.1, -0.05) is 11.6 Å². The molecule has 2 heterocycles. The van der Waals surface area contributed by atoms with Crippen molar-refractivity contribution in [2.75, 3.05) is 27.0 Å². The molecule has 0 N–H and O–H groups in total. The first-order valence-corrected chi connectivity index (χ1v) is 8.44. The van der Waals surface area contributed by atoms with Crippen LogP contribution in [0.2, 0.25) is 5.15 Å². The van der Waals surface area contributed by atoms with Gasteiger partial charge in [-0.25, -0.2) is 9.78 Å². The molecule has 134 valence electrons. The number of likely N-dealkylation sites (tertiary alicyclic amines) is 1. The summed E-state index contributed by atoms with van der Waals surface area (Å²) in [5, 5.41) is 0.333. The smallest absolute Gasteiger partial charge is 0.410 e. The average molecular weight is 357 g/mol. The van der Waals surface area contributed by atoms with Crippen molar-refractivity contribution in [1.82, 2.24) is 9.88 Å². The quantitative estimate of drug-likeness (QED) is 0.606. The highest BCUT2D eigenvalue weighted by Gasteiger charge is 2.28. The molecule has 1 amide bonds. The Kier molecular flexibility index (Phi) is 6.29. The Hall–Kier alpha value is -1.53. The van der Waals surface area contributed by atoms with Gasteiger partial charge >= 0.3 is 6.09 Å². The van der Waals surface area contributed by atoms with Gasteiger partial charge in [0.2, 0.25) is 0 Å². The van der Waals surface area contributed by atoms with Crippen LogP contribution in [-0.4, -0.2) is 48.6 Å². The molecule has 0 saturated carbocycles. The lowest BCUT2D eigenvalue weighted by Crippen LogP contribution is -2.41. The third-order valence-electron chi connectivity index (χ3n) is 3.73. The minimum atomic E-state index is -0.471. The minimum Gasteiger partial charge on any atom is -0.464 e. The second-order valence-corrected chi connectivity index (χ2v) is 7.18. The molecule has 6 nitrogen and oxygen atoms in total. The monoisotopic (exact) mass is 356 g/mol. The van der Waals surface area contributed by atoms with Crippen molar-refractivity contribution in [2.24, 2.45) is 0 Å². The van der Waals surface area contributed by atoms with E-state index >= 15 is 0 Å². The van der Waals surface area contributed by atoms with Gasteiger partial charge in [-0.05, 0) is 45.7 Å². The van der Waals surface area contributed by atoms with Gasteiger partial charge in [0.25, 0.3) is 0 Å². The summed E-state index contributed by atoms with van der Waals surface area (Å²) in [6.07, 6.45) is 1.41. The Labute approximate surface area is 148 Å². The lowest BCUT2D eigenvalue weighted by molar-refractivity contribution is 0.0204. The minimum absolute atomic E-state index is 0.134. The molecular formula is C17H25ClN2O4. The van der Waals surface area contributed by atoms with Gasteiger partial charge in [-0.3, -0.25) is 0 Å². The van der Waals surface area contributed by atoms with Crippen molar-refractivity contribution in [1.29, 1.82) is 0 Å². The number of carbonyl (C=O) groups is 1. The first kappa shape index (κ1) is 18.8. The zero-order valence-electron chi connectivity index (χ0n) is 14.7. The van der Waals surface area contributed by atoms with Crippen LogP contribution in [0.3, 0.4) is 0 Å². The Morgan fingerprint density at radius 1 is 1.33 bits per heavy atom. The number of piperidine rings is 1. The van der Waals surface area contributed by atoms with E-state index in [4.69, 9.17) is 25.8 Å². The Morgan fingerprint density at radius 2 is 2.00 bits per heavy atom. The molecule has 7 heteroatoms. The van der Waals surface area contributed by atoms with E-state index in [2.05, 4.69) is 4.98 Å². The maximum absolute atomic E-state index is 12.1. The molecule has 0 aliphatic carbocycles. The van der Waals surface area contributed by atoms with Crippen LogP contribution in [-0.2, 0) is 9.47 Å². The summed E-state index contributed by atoms with van der Waals surface area (Å²) in [5.41, 5.74) is 0.453. The molecule has 1 aromatic heterocycles. The predicted molar refractivity (Wildman–Crippen MR) is 91.5 cm³/mol. The molecule has 0 unspecified atom stereocenters. The highest BCUT2D eigenvalue weighted by atomic mass is 35.5. The molecule has 1 aliphatic heterocycles. The highest BCUT2D eigenvalue weighted by molar-refractivity contribution is 6.30. The van der Waals surface area contributed by atoms with E-state index in [1.54, 1.807) is 12.0 Å². The van der Waals surface area contributed by atoms with Crippen molar-refractivity contribution in [3.8, 4) is 5.75 Å². The summed E-state index contributed by atoms with van der Waals surface area (Å²) < 4.78 is 15.6. The number of ether oxygens (including phenoxy) is 3. The fraction of sp³-hybridized carbons (Fsp3) is 0.647. The maximum atomic E-state index is 12.1. The largest absolute Gasteiger partial charge is 0.464 e. The molecule has 0 radical (unpaired) electrons. The van der Waals surface area contributed by atoms with E-state index in [0.717, 1.165) is 18.5 Å². The highest BCUT2D eigenvalue weighted by Crippen LogP contribution is 2.31. The van der Waals surface area contributed by atoms with E-state index < -0.39 is 5.60 Å².